The van der Waals surface area contributed by atoms with Crippen LogP contribution >= 0.6 is 0 Å². The standard InChI is InChI=1S/C25H42.2C2H6/c1-6-7-18(3)21-10-11-22-20-9-8-19-16-17(2)12-14-24(19,4)23(20)13-15-25(21,22)5;2*1-2/h8,17-18,20-23H,6-7,9-16H2,1-5H3;2*1-2H3. The van der Waals surface area contributed by atoms with Gasteiger partial charge in [0, 0.05) is 0 Å². The van der Waals surface area contributed by atoms with Crippen molar-refractivity contribution in [3.63, 3.8) is 0 Å². The lowest BCUT2D eigenvalue weighted by Crippen LogP contribution is -2.50. The lowest BCUT2D eigenvalue weighted by atomic mass is 9.46. The van der Waals surface area contributed by atoms with Gasteiger partial charge in [-0.2, -0.15) is 0 Å². The fourth-order valence-electron chi connectivity index (χ4n) is 8.47. The van der Waals surface area contributed by atoms with Crippen molar-refractivity contribution in [3.05, 3.63) is 11.6 Å². The molecule has 29 heavy (non-hydrogen) atoms. The van der Waals surface area contributed by atoms with Gasteiger partial charge < -0.3 is 0 Å². The van der Waals surface area contributed by atoms with Gasteiger partial charge in [-0.15, -0.1) is 0 Å². The van der Waals surface area contributed by atoms with E-state index in [9.17, 15) is 0 Å². The van der Waals surface area contributed by atoms with Crippen LogP contribution in [0.25, 0.3) is 0 Å². The molecule has 0 radical (unpaired) electrons. The smallest absolute Gasteiger partial charge is 0.00851 e. The highest BCUT2D eigenvalue weighted by Gasteiger charge is 2.58. The topological polar surface area (TPSA) is 0 Å². The molecule has 0 aliphatic heterocycles. The molecule has 3 fully saturated rings. The lowest BCUT2D eigenvalue weighted by Gasteiger charge is -2.58. The van der Waals surface area contributed by atoms with Crippen molar-refractivity contribution in [1.82, 2.24) is 0 Å². The molecule has 0 N–H and O–H groups in total. The van der Waals surface area contributed by atoms with Crippen molar-refractivity contribution in [1.29, 1.82) is 0 Å². The Balaban J connectivity index is 0.000000707. The number of hydrogen-bond acceptors (Lipinski definition) is 0. The summed E-state index contributed by atoms with van der Waals surface area (Å²) >= 11 is 0. The van der Waals surface area contributed by atoms with Crippen LogP contribution in [-0.2, 0) is 0 Å². The molecule has 0 bridgehead atoms. The third-order valence-electron chi connectivity index (χ3n) is 9.85. The van der Waals surface area contributed by atoms with Gasteiger partial charge in [0.25, 0.3) is 0 Å². The van der Waals surface area contributed by atoms with Crippen LogP contribution in [0.15, 0.2) is 11.6 Å². The van der Waals surface area contributed by atoms with Crippen LogP contribution in [0.4, 0.5) is 0 Å². The maximum atomic E-state index is 2.74. The zero-order chi connectivity index (χ0) is 21.8. The average Bonchev–Trinajstić information content (AvgIpc) is 3.09. The van der Waals surface area contributed by atoms with E-state index in [0.717, 1.165) is 35.5 Å². The van der Waals surface area contributed by atoms with Gasteiger partial charge in [0.2, 0.25) is 0 Å². The first-order valence-corrected chi connectivity index (χ1v) is 13.6. The van der Waals surface area contributed by atoms with E-state index in [1.165, 1.54) is 64.2 Å². The van der Waals surface area contributed by atoms with Crippen molar-refractivity contribution >= 4 is 0 Å². The molecular formula is C29H54. The number of hydrogen-bond donors (Lipinski definition) is 0. The molecule has 0 aromatic carbocycles. The second-order valence-electron chi connectivity index (χ2n) is 11.1. The van der Waals surface area contributed by atoms with E-state index in [0.29, 0.717) is 10.8 Å². The molecule has 3 saturated carbocycles. The fraction of sp³-hybridized carbons (Fsp3) is 0.931. The Hall–Kier alpha value is -0.260. The van der Waals surface area contributed by atoms with Crippen LogP contribution in [0.2, 0.25) is 0 Å². The van der Waals surface area contributed by atoms with Crippen LogP contribution in [0.1, 0.15) is 127 Å². The van der Waals surface area contributed by atoms with E-state index in [2.05, 4.69) is 40.7 Å². The van der Waals surface area contributed by atoms with E-state index in [4.69, 9.17) is 0 Å². The minimum atomic E-state index is 0.559. The van der Waals surface area contributed by atoms with Crippen LogP contribution < -0.4 is 0 Å². The van der Waals surface area contributed by atoms with Crippen molar-refractivity contribution in [2.24, 2.45) is 46.3 Å². The summed E-state index contributed by atoms with van der Waals surface area (Å²) in [5.74, 6) is 5.89. The summed E-state index contributed by atoms with van der Waals surface area (Å²) in [6.07, 6.45) is 17.4. The van der Waals surface area contributed by atoms with Crippen molar-refractivity contribution in [2.45, 2.75) is 127 Å². The van der Waals surface area contributed by atoms with Gasteiger partial charge in [0.1, 0.15) is 0 Å². The third kappa shape index (κ3) is 4.39. The Labute approximate surface area is 184 Å². The van der Waals surface area contributed by atoms with E-state index in [1.54, 1.807) is 0 Å². The van der Waals surface area contributed by atoms with Gasteiger partial charge in [-0.1, -0.05) is 86.8 Å². The van der Waals surface area contributed by atoms with Gasteiger partial charge in [-0.05, 0) is 97.7 Å². The largest absolute Gasteiger partial charge is 0.0845 e. The van der Waals surface area contributed by atoms with Gasteiger partial charge in [-0.3, -0.25) is 0 Å². The first-order valence-electron chi connectivity index (χ1n) is 13.6. The van der Waals surface area contributed by atoms with Crippen LogP contribution in [0.5, 0.6) is 0 Å². The summed E-state index contributed by atoms with van der Waals surface area (Å²) in [5.41, 5.74) is 3.08. The van der Waals surface area contributed by atoms with Crippen LogP contribution in [0.3, 0.4) is 0 Å². The fourth-order valence-corrected chi connectivity index (χ4v) is 8.47. The second-order valence-corrected chi connectivity index (χ2v) is 11.1. The molecule has 0 saturated heterocycles. The van der Waals surface area contributed by atoms with Crippen molar-refractivity contribution < 1.29 is 0 Å². The van der Waals surface area contributed by atoms with Gasteiger partial charge >= 0.3 is 0 Å². The molecule has 170 valence electrons. The maximum absolute atomic E-state index is 2.74. The molecule has 0 heteroatoms. The molecule has 4 aliphatic carbocycles. The van der Waals surface area contributed by atoms with Crippen molar-refractivity contribution in [3.8, 4) is 0 Å². The molecule has 4 rings (SSSR count). The first-order chi connectivity index (χ1) is 13.9. The Morgan fingerprint density at radius 3 is 2.31 bits per heavy atom. The van der Waals surface area contributed by atoms with E-state index in [-0.39, 0.29) is 0 Å². The molecule has 0 nitrogen and oxygen atoms in total. The van der Waals surface area contributed by atoms with Gasteiger partial charge in [-0.25, -0.2) is 0 Å². The molecule has 0 heterocycles. The second kappa shape index (κ2) is 10.4. The van der Waals surface area contributed by atoms with E-state index >= 15 is 0 Å². The lowest BCUT2D eigenvalue weighted by molar-refractivity contribution is -0.0521. The number of fused-ring (bicyclic) bond motifs is 5. The highest BCUT2D eigenvalue weighted by Crippen LogP contribution is 2.67. The summed E-state index contributed by atoms with van der Waals surface area (Å²) in [7, 11) is 0. The molecule has 0 aromatic rings. The Kier molecular flexibility index (Phi) is 8.94. The average molecular weight is 403 g/mol. The minimum absolute atomic E-state index is 0.559. The molecule has 8 atom stereocenters. The maximum Gasteiger partial charge on any atom is -0.00851 e. The van der Waals surface area contributed by atoms with Gasteiger partial charge in [0.15, 0.2) is 0 Å². The molecule has 4 aliphatic rings. The Morgan fingerprint density at radius 1 is 0.966 bits per heavy atom. The Morgan fingerprint density at radius 2 is 1.66 bits per heavy atom. The normalized spacial score (nSPS) is 43.9. The third-order valence-corrected chi connectivity index (χ3v) is 9.85. The molecule has 0 amide bonds. The molecule has 8 unspecified atom stereocenters. The summed E-state index contributed by atoms with van der Waals surface area (Å²) in [6.45, 7) is 20.8. The zero-order valence-electron chi connectivity index (χ0n) is 21.6. The summed E-state index contributed by atoms with van der Waals surface area (Å²) in [6, 6.07) is 0. The molecule has 0 spiro atoms. The number of allylic oxidation sites excluding steroid dienone is 2. The SMILES string of the molecule is CC.CC.CCCC(C)C1CCC2C3CC=C4CC(C)CCC4(C)C3CCC12C. The summed E-state index contributed by atoms with van der Waals surface area (Å²) < 4.78 is 0. The van der Waals surface area contributed by atoms with E-state index < -0.39 is 0 Å². The predicted molar refractivity (Wildman–Crippen MR) is 131 cm³/mol. The molecule has 0 aromatic heterocycles. The van der Waals surface area contributed by atoms with E-state index in [1.807, 2.05) is 33.3 Å². The number of rotatable bonds is 3. The van der Waals surface area contributed by atoms with Crippen molar-refractivity contribution in [2.75, 3.05) is 0 Å². The van der Waals surface area contributed by atoms with Gasteiger partial charge in [0.05, 0.1) is 0 Å². The Bertz CT molecular complexity index is 530. The predicted octanol–water partition coefficient (Wildman–Crippen LogP) is 9.69. The monoisotopic (exact) mass is 402 g/mol. The summed E-state index contributed by atoms with van der Waals surface area (Å²) in [4.78, 5) is 0. The zero-order valence-corrected chi connectivity index (χ0v) is 21.6. The summed E-state index contributed by atoms with van der Waals surface area (Å²) in [5, 5.41) is 0. The highest BCUT2D eigenvalue weighted by molar-refractivity contribution is 5.25. The molecular weight excluding hydrogens is 348 g/mol. The first kappa shape index (κ1) is 25.0. The van der Waals surface area contributed by atoms with Crippen LogP contribution in [-0.4, -0.2) is 0 Å². The quantitative estimate of drug-likeness (QED) is 0.412. The van der Waals surface area contributed by atoms with Crippen LogP contribution in [0, 0.1) is 46.3 Å². The highest BCUT2D eigenvalue weighted by atomic mass is 14.6. The minimum Gasteiger partial charge on any atom is -0.0845 e.